The molecule has 0 spiro atoms. The molecular weight excluding hydrogens is 701 g/mol. The maximum atomic E-state index is 13.9. The van der Waals surface area contributed by atoms with Crippen molar-refractivity contribution in [2.45, 2.75) is 64.6 Å². The summed E-state index contributed by atoms with van der Waals surface area (Å²) in [6, 6.07) is 5.07. The Kier molecular flexibility index (Phi) is 13.2. The van der Waals surface area contributed by atoms with Crippen LogP contribution in [-0.4, -0.2) is 126 Å². The van der Waals surface area contributed by atoms with Crippen molar-refractivity contribution in [1.29, 1.82) is 0 Å². The number of thiazole rings is 1. The zero-order valence-corrected chi connectivity index (χ0v) is 31.8. The number of amides is 6. The van der Waals surface area contributed by atoms with Crippen molar-refractivity contribution in [2.75, 3.05) is 53.5 Å². The highest BCUT2D eigenvalue weighted by Gasteiger charge is 2.32. The lowest BCUT2D eigenvalue weighted by molar-refractivity contribution is -0.143. The Morgan fingerprint density at radius 2 is 1.64 bits per heavy atom. The highest BCUT2D eigenvalue weighted by atomic mass is 32.1. The molecule has 53 heavy (non-hydrogen) atoms. The van der Waals surface area contributed by atoms with E-state index in [0.29, 0.717) is 37.5 Å². The number of nitrogens with zero attached hydrogens (tertiary/aromatic N) is 4. The molecule has 1 fully saturated rings. The lowest BCUT2D eigenvalue weighted by Crippen LogP contribution is -2.53. The number of aromatic amines is 1. The van der Waals surface area contributed by atoms with Crippen LogP contribution >= 0.6 is 11.3 Å². The Bertz CT molecular complexity index is 1800. The van der Waals surface area contributed by atoms with E-state index in [1.165, 1.54) is 33.1 Å². The molecule has 2 aliphatic rings. The normalized spacial score (nSPS) is 22.4. The third-order valence-corrected chi connectivity index (χ3v) is 10.6. The fourth-order valence-electron chi connectivity index (χ4n) is 6.70. The van der Waals surface area contributed by atoms with Gasteiger partial charge in [-0.25, -0.2) is 4.98 Å². The molecule has 0 saturated carbocycles. The predicted octanol–water partition coefficient (Wildman–Crippen LogP) is 1.86. The summed E-state index contributed by atoms with van der Waals surface area (Å²) in [7, 11) is 3.04. The van der Waals surface area contributed by atoms with E-state index < -0.39 is 47.7 Å². The van der Waals surface area contributed by atoms with Crippen LogP contribution in [0.3, 0.4) is 0 Å². The summed E-state index contributed by atoms with van der Waals surface area (Å²) in [5, 5.41) is 11.6. The maximum absolute atomic E-state index is 13.9. The SMILES string of the molecule is CC(C)C[C@@H]1NC(=O)CN(C(=O)C2CCOCC2)CCN(C)C(=O)[C@H](C)NC(=O)CN(C)C(=O)[C@@H](Cc2c[nH]c3ccccc23)NC(=O)c2csc1n2. The van der Waals surface area contributed by atoms with E-state index in [1.807, 2.05) is 38.1 Å². The summed E-state index contributed by atoms with van der Waals surface area (Å²) in [5.74, 6) is -2.79. The molecule has 0 radical (unpaired) electrons. The molecule has 1 saturated heterocycles. The lowest BCUT2D eigenvalue weighted by Gasteiger charge is -2.31. The van der Waals surface area contributed by atoms with Gasteiger partial charge in [-0.1, -0.05) is 32.0 Å². The quantitative estimate of drug-likeness (QED) is 0.305. The first-order valence-electron chi connectivity index (χ1n) is 18.1. The first kappa shape index (κ1) is 39.4. The highest BCUT2D eigenvalue weighted by molar-refractivity contribution is 7.09. The van der Waals surface area contributed by atoms with Crippen molar-refractivity contribution >= 4 is 57.7 Å². The fraction of sp³-hybridized carbons (Fsp3) is 0.541. The Labute approximate surface area is 313 Å². The van der Waals surface area contributed by atoms with E-state index in [2.05, 4.69) is 25.9 Å². The Balaban J connectivity index is 1.45. The molecule has 2 bridgehead atoms. The predicted molar refractivity (Wildman–Crippen MR) is 199 cm³/mol. The molecular formula is C37H50N8O7S. The number of para-hydroxylation sites is 1. The van der Waals surface area contributed by atoms with Crippen LogP contribution < -0.4 is 16.0 Å². The second-order valence-corrected chi connectivity index (χ2v) is 15.2. The summed E-state index contributed by atoms with van der Waals surface area (Å²) < 4.78 is 5.45. The molecule has 4 N–H and O–H groups in total. The first-order valence-corrected chi connectivity index (χ1v) is 18.9. The van der Waals surface area contributed by atoms with E-state index in [0.717, 1.165) is 16.5 Å². The minimum absolute atomic E-state index is 0.0858. The van der Waals surface area contributed by atoms with Gasteiger partial charge in [-0.2, -0.15) is 0 Å². The molecule has 5 rings (SSSR count). The number of hydrogen-bond acceptors (Lipinski definition) is 9. The number of nitrogens with one attached hydrogen (secondary N) is 4. The lowest BCUT2D eigenvalue weighted by atomic mass is 9.98. The molecule has 15 nitrogen and oxygen atoms in total. The molecule has 3 aromatic rings. The van der Waals surface area contributed by atoms with Gasteiger partial charge in [-0.15, -0.1) is 11.3 Å². The van der Waals surface area contributed by atoms with Crippen LogP contribution in [0.5, 0.6) is 0 Å². The van der Waals surface area contributed by atoms with E-state index >= 15 is 0 Å². The number of ether oxygens (including phenoxy) is 1. The van der Waals surface area contributed by atoms with Crippen LogP contribution in [0.2, 0.25) is 0 Å². The van der Waals surface area contributed by atoms with Crippen LogP contribution in [0.15, 0.2) is 35.8 Å². The van der Waals surface area contributed by atoms with Gasteiger partial charge in [-0.3, -0.25) is 28.8 Å². The van der Waals surface area contributed by atoms with Crippen LogP contribution in [0, 0.1) is 11.8 Å². The third-order valence-electron chi connectivity index (χ3n) is 9.60. The van der Waals surface area contributed by atoms with Crippen LogP contribution in [0.25, 0.3) is 10.9 Å². The maximum Gasteiger partial charge on any atom is 0.271 e. The Morgan fingerprint density at radius 1 is 0.925 bits per heavy atom. The number of H-pyrrole nitrogens is 1. The molecule has 1 aromatic carbocycles. The highest BCUT2D eigenvalue weighted by Crippen LogP contribution is 2.26. The smallest absolute Gasteiger partial charge is 0.271 e. The summed E-state index contributed by atoms with van der Waals surface area (Å²) in [4.78, 5) is 93.4. The number of fused-ring (bicyclic) bond motifs is 3. The van der Waals surface area contributed by atoms with Gasteiger partial charge in [0.2, 0.25) is 29.5 Å². The third kappa shape index (κ3) is 10.2. The zero-order valence-electron chi connectivity index (χ0n) is 31.0. The number of rotatable bonds is 5. The fourth-order valence-corrected chi connectivity index (χ4v) is 7.56. The molecule has 6 amide bonds. The van der Waals surface area contributed by atoms with E-state index in [4.69, 9.17) is 4.74 Å². The van der Waals surface area contributed by atoms with Crippen molar-refractivity contribution in [1.82, 2.24) is 40.6 Å². The van der Waals surface area contributed by atoms with Crippen LogP contribution in [0.4, 0.5) is 0 Å². The molecule has 4 heterocycles. The first-order chi connectivity index (χ1) is 25.3. The van der Waals surface area contributed by atoms with Crippen molar-refractivity contribution in [3.05, 3.63) is 52.1 Å². The number of hydrogen-bond donors (Lipinski definition) is 4. The van der Waals surface area contributed by atoms with Gasteiger partial charge in [0.05, 0.1) is 19.1 Å². The van der Waals surface area contributed by atoms with Crippen molar-refractivity contribution in [2.24, 2.45) is 11.8 Å². The molecule has 3 atom stereocenters. The number of carbonyl (C=O) groups is 6. The molecule has 0 unspecified atom stereocenters. The second kappa shape index (κ2) is 17.8. The zero-order chi connectivity index (χ0) is 38.2. The van der Waals surface area contributed by atoms with Crippen LogP contribution in [0.1, 0.15) is 67.1 Å². The second-order valence-electron chi connectivity index (χ2n) is 14.3. The van der Waals surface area contributed by atoms with E-state index in [1.54, 1.807) is 25.5 Å². The number of carbonyl (C=O) groups excluding carboxylic acids is 6. The Morgan fingerprint density at radius 3 is 2.38 bits per heavy atom. The molecule has 0 aliphatic carbocycles. The van der Waals surface area contributed by atoms with Crippen LogP contribution in [-0.2, 0) is 35.1 Å². The minimum Gasteiger partial charge on any atom is -0.381 e. The van der Waals surface area contributed by atoms with Gasteiger partial charge >= 0.3 is 0 Å². The summed E-state index contributed by atoms with van der Waals surface area (Å²) in [5.41, 5.74) is 1.76. The monoisotopic (exact) mass is 750 g/mol. The van der Waals surface area contributed by atoms with Gasteiger partial charge in [0.1, 0.15) is 22.8 Å². The van der Waals surface area contributed by atoms with Crippen molar-refractivity contribution in [3.63, 3.8) is 0 Å². The standard InChI is InChI=1S/C37H50N8O7S/c1-22(2)16-28-34-42-30(21-53-34)33(48)41-29(17-25-18-38-27-9-7-6-8-26(25)27)37(51)44(5)19-31(46)39-23(3)35(49)43(4)12-13-45(20-32(47)40-28)36(50)24-10-14-52-15-11-24/h6-9,18,21-24,28-29,38H,10-17,19-20H2,1-5H3,(H,39,46)(H,40,47)(H,41,48)/t23-,28-,29+/m0/s1. The van der Waals surface area contributed by atoms with Gasteiger partial charge in [-0.05, 0) is 43.7 Å². The van der Waals surface area contributed by atoms with Gasteiger partial charge in [0.25, 0.3) is 5.91 Å². The summed E-state index contributed by atoms with van der Waals surface area (Å²) in [6.45, 7) is 6.09. The number of aromatic nitrogens is 2. The van der Waals surface area contributed by atoms with Gasteiger partial charge in [0, 0.05) is 75.2 Å². The van der Waals surface area contributed by atoms with E-state index in [9.17, 15) is 28.8 Å². The van der Waals surface area contributed by atoms with Gasteiger partial charge < -0.3 is 40.4 Å². The molecule has 2 aliphatic heterocycles. The minimum atomic E-state index is -1.06. The number of likely N-dealkylation sites (N-methyl/N-ethyl adjacent to an activating group) is 2. The topological polar surface area (TPSA) is 186 Å². The average Bonchev–Trinajstić information content (AvgIpc) is 3.79. The van der Waals surface area contributed by atoms with E-state index in [-0.39, 0.29) is 56.0 Å². The largest absolute Gasteiger partial charge is 0.381 e. The van der Waals surface area contributed by atoms with Crippen molar-refractivity contribution in [3.8, 4) is 0 Å². The molecule has 16 heteroatoms. The Hall–Kier alpha value is -4.83. The number of benzene rings is 1. The molecule has 286 valence electrons. The van der Waals surface area contributed by atoms with Crippen molar-refractivity contribution < 1.29 is 33.5 Å². The van der Waals surface area contributed by atoms with Gasteiger partial charge in [0.15, 0.2) is 0 Å². The summed E-state index contributed by atoms with van der Waals surface area (Å²) in [6.07, 6.45) is 3.52. The summed E-state index contributed by atoms with van der Waals surface area (Å²) >= 11 is 1.22. The molecule has 2 aromatic heterocycles. The average molecular weight is 751 g/mol.